The molecule has 0 aromatic heterocycles. The van der Waals surface area contributed by atoms with Crippen LogP contribution >= 0.6 is 11.6 Å². The topological polar surface area (TPSA) is 20.2 Å². The van der Waals surface area contributed by atoms with Gasteiger partial charge in [0.15, 0.2) is 0 Å². The van der Waals surface area contributed by atoms with Crippen molar-refractivity contribution < 1.29 is 5.11 Å². The van der Waals surface area contributed by atoms with Gasteiger partial charge in [-0.05, 0) is 6.08 Å². The van der Waals surface area contributed by atoms with Crippen molar-refractivity contribution in [1.29, 1.82) is 0 Å². The summed E-state index contributed by atoms with van der Waals surface area (Å²) in [5, 5.41) is 9.41. The van der Waals surface area contributed by atoms with Gasteiger partial charge in [0, 0.05) is 5.92 Å². The van der Waals surface area contributed by atoms with E-state index < -0.39 is 0 Å². The molecule has 0 spiro atoms. The summed E-state index contributed by atoms with van der Waals surface area (Å²) >= 11 is 5.52. The highest BCUT2D eigenvalue weighted by atomic mass is 35.5. The molecule has 2 heteroatoms. The number of halogens is 1. The predicted molar refractivity (Wildman–Crippen MR) is 40.5 cm³/mol. The van der Waals surface area contributed by atoms with Gasteiger partial charge in [-0.15, -0.1) is 0 Å². The Kier molecular flexibility index (Phi) is 3.40. The van der Waals surface area contributed by atoms with Gasteiger partial charge >= 0.3 is 0 Å². The second kappa shape index (κ2) is 3.57. The fraction of sp³-hybridized carbons (Fsp3) is 0.429. The van der Waals surface area contributed by atoms with Crippen LogP contribution in [0.1, 0.15) is 13.8 Å². The van der Waals surface area contributed by atoms with Crippen LogP contribution in [0.4, 0.5) is 0 Å². The van der Waals surface area contributed by atoms with Crippen LogP contribution in [0.2, 0.25) is 0 Å². The van der Waals surface area contributed by atoms with Crippen molar-refractivity contribution in [2.45, 2.75) is 13.8 Å². The van der Waals surface area contributed by atoms with Crippen LogP contribution in [-0.4, -0.2) is 5.11 Å². The Hall–Kier alpha value is -0.430. The molecule has 52 valence electrons. The largest absolute Gasteiger partial charge is 0.510 e. The SMILES string of the molecule is C=C/C(Cl)=C(/O)C(C)C. The van der Waals surface area contributed by atoms with E-state index in [1.165, 1.54) is 6.08 Å². The third kappa shape index (κ3) is 2.56. The molecular formula is C7H11ClO. The number of aliphatic hydroxyl groups is 1. The minimum atomic E-state index is 0.0792. The van der Waals surface area contributed by atoms with E-state index in [0.717, 1.165) is 0 Å². The maximum atomic E-state index is 9.07. The highest BCUT2D eigenvalue weighted by Gasteiger charge is 2.02. The smallest absolute Gasteiger partial charge is 0.113 e. The fourth-order valence-corrected chi connectivity index (χ4v) is 0.599. The highest BCUT2D eigenvalue weighted by molar-refractivity contribution is 6.31. The minimum absolute atomic E-state index is 0.0792. The van der Waals surface area contributed by atoms with Crippen molar-refractivity contribution in [3.05, 3.63) is 23.4 Å². The van der Waals surface area contributed by atoms with Crippen molar-refractivity contribution in [3.63, 3.8) is 0 Å². The van der Waals surface area contributed by atoms with Crippen molar-refractivity contribution in [1.82, 2.24) is 0 Å². The van der Waals surface area contributed by atoms with E-state index in [0.29, 0.717) is 5.03 Å². The third-order valence-electron chi connectivity index (χ3n) is 0.971. The molecule has 0 saturated heterocycles. The summed E-state index contributed by atoms with van der Waals surface area (Å²) in [6, 6.07) is 0. The number of rotatable bonds is 2. The second-order valence-electron chi connectivity index (χ2n) is 2.09. The van der Waals surface area contributed by atoms with Crippen LogP contribution in [0.3, 0.4) is 0 Å². The molecule has 0 atom stereocenters. The first-order chi connectivity index (χ1) is 4.09. The Bertz CT molecular complexity index is 136. The highest BCUT2D eigenvalue weighted by Crippen LogP contribution is 2.14. The van der Waals surface area contributed by atoms with Crippen LogP contribution in [0.15, 0.2) is 23.4 Å². The number of hydrogen-bond acceptors (Lipinski definition) is 1. The summed E-state index contributed by atoms with van der Waals surface area (Å²) in [6.07, 6.45) is 1.43. The first-order valence-electron chi connectivity index (χ1n) is 2.80. The molecule has 0 radical (unpaired) electrons. The second-order valence-corrected chi connectivity index (χ2v) is 2.50. The van der Waals surface area contributed by atoms with Crippen LogP contribution in [0, 0.1) is 5.92 Å². The maximum absolute atomic E-state index is 9.07. The normalized spacial score (nSPS) is 13.3. The van der Waals surface area contributed by atoms with E-state index in [-0.39, 0.29) is 11.7 Å². The molecule has 1 N–H and O–H groups in total. The Morgan fingerprint density at radius 3 is 2.22 bits per heavy atom. The Morgan fingerprint density at radius 2 is 2.11 bits per heavy atom. The number of allylic oxidation sites excluding steroid dienone is 3. The first kappa shape index (κ1) is 8.57. The average molecular weight is 147 g/mol. The summed E-state index contributed by atoms with van der Waals surface area (Å²) < 4.78 is 0. The molecule has 0 aliphatic carbocycles. The van der Waals surface area contributed by atoms with E-state index in [1.807, 2.05) is 13.8 Å². The van der Waals surface area contributed by atoms with Crippen LogP contribution in [0.25, 0.3) is 0 Å². The molecule has 0 bridgehead atoms. The molecule has 0 aliphatic rings. The van der Waals surface area contributed by atoms with Gasteiger partial charge in [0.1, 0.15) is 5.76 Å². The zero-order valence-corrected chi connectivity index (χ0v) is 6.44. The maximum Gasteiger partial charge on any atom is 0.113 e. The van der Waals surface area contributed by atoms with Crippen LogP contribution < -0.4 is 0 Å². The van der Waals surface area contributed by atoms with Gasteiger partial charge in [-0.25, -0.2) is 0 Å². The van der Waals surface area contributed by atoms with Gasteiger partial charge < -0.3 is 5.11 Å². The van der Waals surface area contributed by atoms with E-state index in [9.17, 15) is 0 Å². The lowest BCUT2D eigenvalue weighted by Crippen LogP contribution is -1.93. The Labute approximate surface area is 60.6 Å². The van der Waals surface area contributed by atoms with Crippen molar-refractivity contribution in [2.24, 2.45) is 5.92 Å². The molecule has 0 amide bonds. The first-order valence-corrected chi connectivity index (χ1v) is 3.18. The molecule has 0 fully saturated rings. The van der Waals surface area contributed by atoms with Crippen LogP contribution in [0.5, 0.6) is 0 Å². The average Bonchev–Trinajstić information content (AvgIpc) is 1.84. The van der Waals surface area contributed by atoms with E-state index in [1.54, 1.807) is 0 Å². The third-order valence-corrected chi connectivity index (χ3v) is 1.32. The van der Waals surface area contributed by atoms with E-state index >= 15 is 0 Å². The molecule has 0 heterocycles. The summed E-state index contributed by atoms with van der Waals surface area (Å²) in [5.41, 5.74) is 0. The van der Waals surface area contributed by atoms with Gasteiger partial charge in [0.25, 0.3) is 0 Å². The number of hydrogen-bond donors (Lipinski definition) is 1. The molecule has 0 rings (SSSR count). The zero-order chi connectivity index (χ0) is 7.44. The van der Waals surface area contributed by atoms with Crippen molar-refractivity contribution >= 4 is 11.6 Å². The van der Waals surface area contributed by atoms with Crippen molar-refractivity contribution in [2.75, 3.05) is 0 Å². The van der Waals surface area contributed by atoms with E-state index in [4.69, 9.17) is 16.7 Å². The fourth-order valence-electron chi connectivity index (χ4n) is 0.380. The van der Waals surface area contributed by atoms with Crippen molar-refractivity contribution in [3.8, 4) is 0 Å². The Morgan fingerprint density at radius 1 is 1.67 bits per heavy atom. The van der Waals surface area contributed by atoms with Gasteiger partial charge in [0.05, 0.1) is 5.03 Å². The van der Waals surface area contributed by atoms with Gasteiger partial charge in [-0.2, -0.15) is 0 Å². The summed E-state index contributed by atoms with van der Waals surface area (Å²) in [5.74, 6) is 0.280. The van der Waals surface area contributed by atoms with Gasteiger partial charge in [-0.1, -0.05) is 32.0 Å². The molecule has 0 saturated carbocycles. The molecule has 0 aromatic rings. The quantitative estimate of drug-likeness (QED) is 0.469. The lowest BCUT2D eigenvalue weighted by atomic mass is 10.2. The lowest BCUT2D eigenvalue weighted by Gasteiger charge is -2.02. The molecule has 9 heavy (non-hydrogen) atoms. The number of aliphatic hydroxyl groups excluding tert-OH is 1. The standard InChI is InChI=1S/C7H11ClO/c1-4-6(8)7(9)5(2)3/h4-5,9H,1H2,2-3H3/b7-6-. The Balaban J connectivity index is 4.27. The molecule has 0 aromatic carbocycles. The van der Waals surface area contributed by atoms with Gasteiger partial charge in [0.2, 0.25) is 0 Å². The molecular weight excluding hydrogens is 136 g/mol. The van der Waals surface area contributed by atoms with Gasteiger partial charge in [-0.3, -0.25) is 0 Å². The van der Waals surface area contributed by atoms with Crippen LogP contribution in [-0.2, 0) is 0 Å². The molecule has 1 nitrogen and oxygen atoms in total. The predicted octanol–water partition coefficient (Wildman–Crippen LogP) is 2.84. The lowest BCUT2D eigenvalue weighted by molar-refractivity contribution is 0.350. The van der Waals surface area contributed by atoms with E-state index in [2.05, 4.69) is 6.58 Å². The minimum Gasteiger partial charge on any atom is -0.510 e. The summed E-state index contributed by atoms with van der Waals surface area (Å²) in [6.45, 7) is 7.14. The summed E-state index contributed by atoms with van der Waals surface area (Å²) in [7, 11) is 0. The monoisotopic (exact) mass is 146 g/mol. The summed E-state index contributed by atoms with van der Waals surface area (Å²) in [4.78, 5) is 0. The zero-order valence-electron chi connectivity index (χ0n) is 5.69. The molecule has 0 unspecified atom stereocenters. The molecule has 0 aliphatic heterocycles.